The number of carbonyl (C=O) groups is 1. The van der Waals surface area contributed by atoms with Crippen molar-refractivity contribution in [1.82, 2.24) is 20.2 Å². The molecule has 0 aliphatic carbocycles. The molecule has 0 fully saturated rings. The van der Waals surface area contributed by atoms with Crippen LogP contribution < -0.4 is 5.32 Å². The number of hydrogen-bond donors (Lipinski definition) is 2. The maximum atomic E-state index is 11.7. The lowest BCUT2D eigenvalue weighted by Gasteiger charge is -2.04. The molecule has 6 nitrogen and oxygen atoms in total. The molecular weight excluding hydrogens is 274 g/mol. The average molecular weight is 284 g/mol. The van der Waals surface area contributed by atoms with Crippen LogP contribution in [0.15, 0.2) is 23.5 Å². The molecular formula is C10H10ClN5OS. The minimum absolute atomic E-state index is 0.183. The van der Waals surface area contributed by atoms with Crippen LogP contribution in [0.2, 0.25) is 5.15 Å². The highest BCUT2D eigenvalue weighted by molar-refractivity contribution is 7.99. The predicted octanol–water partition coefficient (Wildman–Crippen LogP) is 1.89. The SMILES string of the molecule is Cc1nc(SCC(=O)Nc2cccnc2Cl)n[nH]1. The molecule has 0 aromatic carbocycles. The number of H-pyrrole nitrogens is 1. The highest BCUT2D eigenvalue weighted by atomic mass is 35.5. The summed E-state index contributed by atoms with van der Waals surface area (Å²) in [6, 6.07) is 3.39. The number of thioether (sulfide) groups is 1. The number of carbonyl (C=O) groups excluding carboxylic acids is 1. The summed E-state index contributed by atoms with van der Waals surface area (Å²) in [5.74, 6) is 0.744. The average Bonchev–Trinajstić information content (AvgIpc) is 2.76. The highest BCUT2D eigenvalue weighted by Crippen LogP contribution is 2.18. The first kappa shape index (κ1) is 12.8. The van der Waals surface area contributed by atoms with Crippen molar-refractivity contribution < 1.29 is 4.79 Å². The summed E-state index contributed by atoms with van der Waals surface area (Å²) in [6.45, 7) is 1.80. The van der Waals surface area contributed by atoms with Gasteiger partial charge >= 0.3 is 0 Å². The van der Waals surface area contributed by atoms with Crippen molar-refractivity contribution in [3.05, 3.63) is 29.3 Å². The van der Waals surface area contributed by atoms with E-state index in [4.69, 9.17) is 11.6 Å². The minimum Gasteiger partial charge on any atom is -0.323 e. The van der Waals surface area contributed by atoms with Gasteiger partial charge in [-0.25, -0.2) is 9.97 Å². The molecule has 2 heterocycles. The van der Waals surface area contributed by atoms with E-state index in [2.05, 4.69) is 25.5 Å². The fraction of sp³-hybridized carbons (Fsp3) is 0.200. The number of rotatable bonds is 4. The van der Waals surface area contributed by atoms with Crippen LogP contribution in [0, 0.1) is 6.92 Å². The standard InChI is InChI=1S/C10H10ClN5OS/c1-6-13-10(16-15-6)18-5-8(17)14-7-3-2-4-12-9(7)11/h2-4H,5H2,1H3,(H,14,17)(H,13,15,16). The van der Waals surface area contributed by atoms with E-state index < -0.39 is 0 Å². The molecule has 1 amide bonds. The molecule has 0 radical (unpaired) electrons. The number of pyridine rings is 1. The van der Waals surface area contributed by atoms with Gasteiger partial charge in [-0.2, -0.15) is 0 Å². The van der Waals surface area contributed by atoms with Gasteiger partial charge in [-0.1, -0.05) is 23.4 Å². The summed E-state index contributed by atoms with van der Waals surface area (Å²) in [7, 11) is 0. The van der Waals surface area contributed by atoms with Gasteiger partial charge in [0.05, 0.1) is 11.4 Å². The third-order valence-electron chi connectivity index (χ3n) is 1.94. The Kier molecular flexibility index (Phi) is 4.16. The zero-order valence-corrected chi connectivity index (χ0v) is 11.0. The van der Waals surface area contributed by atoms with Crippen LogP contribution in [-0.2, 0) is 4.79 Å². The van der Waals surface area contributed by atoms with Crippen LogP contribution in [0.25, 0.3) is 0 Å². The molecule has 2 aromatic rings. The van der Waals surface area contributed by atoms with Crippen molar-refractivity contribution >= 4 is 35.0 Å². The fourth-order valence-electron chi connectivity index (χ4n) is 1.18. The van der Waals surface area contributed by atoms with Crippen LogP contribution >= 0.6 is 23.4 Å². The monoisotopic (exact) mass is 283 g/mol. The number of aromatic nitrogens is 4. The first-order valence-corrected chi connectivity index (χ1v) is 6.43. The normalized spacial score (nSPS) is 10.3. The third-order valence-corrected chi connectivity index (χ3v) is 3.09. The lowest BCUT2D eigenvalue weighted by Crippen LogP contribution is -2.14. The van der Waals surface area contributed by atoms with Crippen molar-refractivity contribution in [3.8, 4) is 0 Å². The van der Waals surface area contributed by atoms with Crippen molar-refractivity contribution in [1.29, 1.82) is 0 Å². The van der Waals surface area contributed by atoms with E-state index in [1.54, 1.807) is 25.3 Å². The number of aromatic amines is 1. The summed E-state index contributed by atoms with van der Waals surface area (Å²) < 4.78 is 0. The number of amides is 1. The van der Waals surface area contributed by atoms with E-state index >= 15 is 0 Å². The number of aryl methyl sites for hydroxylation is 1. The van der Waals surface area contributed by atoms with E-state index in [-0.39, 0.29) is 16.8 Å². The Morgan fingerprint density at radius 3 is 3.11 bits per heavy atom. The van der Waals surface area contributed by atoms with Gasteiger partial charge < -0.3 is 5.32 Å². The molecule has 0 saturated carbocycles. The van der Waals surface area contributed by atoms with Gasteiger partial charge in [0, 0.05) is 6.20 Å². The lowest BCUT2D eigenvalue weighted by molar-refractivity contribution is -0.113. The summed E-state index contributed by atoms with van der Waals surface area (Å²) in [4.78, 5) is 19.6. The fourth-order valence-corrected chi connectivity index (χ4v) is 1.99. The Balaban J connectivity index is 1.88. The van der Waals surface area contributed by atoms with Gasteiger partial charge in [-0.3, -0.25) is 9.89 Å². The lowest BCUT2D eigenvalue weighted by atomic mass is 10.4. The first-order valence-electron chi connectivity index (χ1n) is 5.07. The largest absolute Gasteiger partial charge is 0.323 e. The Bertz CT molecular complexity index is 559. The smallest absolute Gasteiger partial charge is 0.234 e. The zero-order valence-electron chi connectivity index (χ0n) is 9.48. The van der Waals surface area contributed by atoms with Crippen molar-refractivity contribution in [2.45, 2.75) is 12.1 Å². The van der Waals surface area contributed by atoms with Crippen LogP contribution in [0.4, 0.5) is 5.69 Å². The van der Waals surface area contributed by atoms with Crippen LogP contribution in [0.5, 0.6) is 0 Å². The van der Waals surface area contributed by atoms with E-state index in [0.29, 0.717) is 16.7 Å². The van der Waals surface area contributed by atoms with E-state index in [0.717, 1.165) is 0 Å². The molecule has 2 rings (SSSR count). The Labute approximate surface area is 113 Å². The van der Waals surface area contributed by atoms with Crippen molar-refractivity contribution in [2.75, 3.05) is 11.1 Å². The summed E-state index contributed by atoms with van der Waals surface area (Å²) in [5.41, 5.74) is 0.496. The topological polar surface area (TPSA) is 83.6 Å². The maximum absolute atomic E-state index is 11.7. The van der Waals surface area contributed by atoms with E-state index in [1.807, 2.05) is 0 Å². The van der Waals surface area contributed by atoms with E-state index in [1.165, 1.54) is 11.8 Å². The summed E-state index contributed by atoms with van der Waals surface area (Å²) in [5, 5.41) is 10.1. The maximum Gasteiger partial charge on any atom is 0.234 e. The van der Waals surface area contributed by atoms with Gasteiger partial charge in [0.15, 0.2) is 5.15 Å². The molecule has 0 aliphatic rings. The Hall–Kier alpha value is -1.60. The van der Waals surface area contributed by atoms with Gasteiger partial charge in [0.2, 0.25) is 11.1 Å². The number of nitrogens with zero attached hydrogens (tertiary/aromatic N) is 3. The van der Waals surface area contributed by atoms with Crippen LogP contribution in [-0.4, -0.2) is 31.8 Å². The molecule has 0 bridgehead atoms. The molecule has 2 aromatic heterocycles. The van der Waals surface area contributed by atoms with Crippen molar-refractivity contribution in [3.63, 3.8) is 0 Å². The van der Waals surface area contributed by atoms with Crippen LogP contribution in [0.3, 0.4) is 0 Å². The van der Waals surface area contributed by atoms with Gasteiger partial charge in [0.25, 0.3) is 0 Å². The molecule has 0 spiro atoms. The molecule has 94 valence electrons. The number of hydrogen-bond acceptors (Lipinski definition) is 5. The molecule has 0 aliphatic heterocycles. The molecule has 18 heavy (non-hydrogen) atoms. The minimum atomic E-state index is -0.183. The second-order valence-electron chi connectivity index (χ2n) is 3.38. The third kappa shape index (κ3) is 3.44. The number of halogens is 1. The second kappa shape index (κ2) is 5.83. The predicted molar refractivity (Wildman–Crippen MR) is 69.7 cm³/mol. The van der Waals surface area contributed by atoms with E-state index in [9.17, 15) is 4.79 Å². The zero-order chi connectivity index (χ0) is 13.0. The molecule has 8 heteroatoms. The molecule has 0 saturated heterocycles. The summed E-state index contributed by atoms with van der Waals surface area (Å²) in [6.07, 6.45) is 1.56. The Morgan fingerprint density at radius 1 is 1.61 bits per heavy atom. The van der Waals surface area contributed by atoms with Gasteiger partial charge in [0.1, 0.15) is 5.82 Å². The first-order chi connectivity index (χ1) is 8.65. The number of anilines is 1. The Morgan fingerprint density at radius 2 is 2.44 bits per heavy atom. The van der Waals surface area contributed by atoms with Gasteiger partial charge in [-0.15, -0.1) is 5.10 Å². The second-order valence-corrected chi connectivity index (χ2v) is 4.68. The molecule has 2 N–H and O–H groups in total. The quantitative estimate of drug-likeness (QED) is 0.661. The van der Waals surface area contributed by atoms with Crippen LogP contribution in [0.1, 0.15) is 5.82 Å². The molecule has 0 atom stereocenters. The van der Waals surface area contributed by atoms with Gasteiger partial charge in [-0.05, 0) is 19.1 Å². The highest BCUT2D eigenvalue weighted by Gasteiger charge is 2.08. The van der Waals surface area contributed by atoms with Crippen molar-refractivity contribution in [2.24, 2.45) is 0 Å². The number of nitrogens with one attached hydrogen (secondary N) is 2. The summed E-state index contributed by atoms with van der Waals surface area (Å²) >= 11 is 7.07. The molecule has 0 unspecified atom stereocenters.